The van der Waals surface area contributed by atoms with Gasteiger partial charge in [-0.3, -0.25) is 14.9 Å². The van der Waals surface area contributed by atoms with E-state index in [1.165, 1.54) is 30.9 Å². The molecule has 0 aliphatic heterocycles. The molecule has 6 heteroatoms. The quantitative estimate of drug-likeness (QED) is 0.857. The summed E-state index contributed by atoms with van der Waals surface area (Å²) in [7, 11) is 0. The third-order valence-electron chi connectivity index (χ3n) is 3.55. The van der Waals surface area contributed by atoms with Crippen LogP contribution in [0.25, 0.3) is 0 Å². The summed E-state index contributed by atoms with van der Waals surface area (Å²) in [4.78, 5) is 28.2. The summed E-state index contributed by atoms with van der Waals surface area (Å²) in [6.07, 6.45) is 4.92. The lowest BCUT2D eigenvalue weighted by Gasteiger charge is -2.27. The van der Waals surface area contributed by atoms with Crippen LogP contribution in [0.1, 0.15) is 46.2 Å². The molecule has 0 spiro atoms. The number of carbonyl (C=O) groups is 2. The number of hydrogen-bond donors (Lipinski definition) is 1. The number of carbonyl (C=O) groups excluding carboxylic acids is 2. The van der Waals surface area contributed by atoms with Crippen molar-refractivity contribution in [2.45, 2.75) is 32.3 Å². The summed E-state index contributed by atoms with van der Waals surface area (Å²) >= 11 is 1.17. The average molecular weight is 316 g/mol. The molecule has 1 fully saturated rings. The first-order valence-electron chi connectivity index (χ1n) is 7.17. The number of hydrogen-bond acceptors (Lipinski definition) is 5. The van der Waals surface area contributed by atoms with Gasteiger partial charge in [0.15, 0.2) is 10.9 Å². The summed E-state index contributed by atoms with van der Waals surface area (Å²) in [5.74, 6) is 0.249. The van der Waals surface area contributed by atoms with Gasteiger partial charge in [0.05, 0.1) is 22.7 Å². The topological polar surface area (TPSA) is 68.3 Å². The SMILES string of the molecule is CC(=O)c1cnc(NC(=O)c2ccccc2OC2CCC2)s1. The van der Waals surface area contributed by atoms with Crippen molar-refractivity contribution in [2.24, 2.45) is 0 Å². The fourth-order valence-electron chi connectivity index (χ4n) is 2.08. The fraction of sp³-hybridized carbons (Fsp3) is 0.312. The van der Waals surface area contributed by atoms with Gasteiger partial charge >= 0.3 is 0 Å². The van der Waals surface area contributed by atoms with Crippen molar-refractivity contribution in [1.82, 2.24) is 4.98 Å². The van der Waals surface area contributed by atoms with E-state index in [9.17, 15) is 9.59 Å². The molecule has 0 radical (unpaired) electrons. The van der Waals surface area contributed by atoms with Gasteiger partial charge in [-0.1, -0.05) is 23.5 Å². The highest BCUT2D eigenvalue weighted by atomic mass is 32.1. The molecule has 0 bridgehead atoms. The van der Waals surface area contributed by atoms with Crippen LogP contribution in [-0.4, -0.2) is 22.8 Å². The zero-order valence-corrected chi connectivity index (χ0v) is 13.0. The fourth-order valence-corrected chi connectivity index (χ4v) is 2.79. The van der Waals surface area contributed by atoms with Crippen LogP contribution in [0.4, 0.5) is 5.13 Å². The lowest BCUT2D eigenvalue weighted by molar-refractivity contribution is 0.0989. The van der Waals surface area contributed by atoms with Crippen LogP contribution in [0.15, 0.2) is 30.5 Å². The number of nitrogens with zero attached hydrogens (tertiary/aromatic N) is 1. The Morgan fingerprint density at radius 3 is 2.73 bits per heavy atom. The molecule has 1 aromatic carbocycles. The Balaban J connectivity index is 1.74. The van der Waals surface area contributed by atoms with Crippen molar-refractivity contribution >= 4 is 28.2 Å². The van der Waals surface area contributed by atoms with Crippen molar-refractivity contribution in [2.75, 3.05) is 5.32 Å². The molecule has 1 N–H and O–H groups in total. The van der Waals surface area contributed by atoms with Crippen LogP contribution in [0.5, 0.6) is 5.75 Å². The number of aromatic nitrogens is 1. The molecule has 5 nitrogen and oxygen atoms in total. The second-order valence-electron chi connectivity index (χ2n) is 5.21. The minimum absolute atomic E-state index is 0.0632. The molecular weight excluding hydrogens is 300 g/mol. The molecule has 0 unspecified atom stereocenters. The van der Waals surface area contributed by atoms with Gasteiger partial charge in [0, 0.05) is 6.92 Å². The van der Waals surface area contributed by atoms with Crippen LogP contribution in [-0.2, 0) is 0 Å². The van der Waals surface area contributed by atoms with Gasteiger partial charge in [0.25, 0.3) is 5.91 Å². The van der Waals surface area contributed by atoms with E-state index in [2.05, 4.69) is 10.3 Å². The minimum atomic E-state index is -0.278. The summed E-state index contributed by atoms with van der Waals surface area (Å²) in [5.41, 5.74) is 0.481. The van der Waals surface area contributed by atoms with Crippen LogP contribution >= 0.6 is 11.3 Å². The van der Waals surface area contributed by atoms with E-state index in [0.29, 0.717) is 21.3 Å². The molecule has 22 heavy (non-hydrogen) atoms. The molecule has 3 rings (SSSR count). The molecule has 0 saturated heterocycles. The monoisotopic (exact) mass is 316 g/mol. The van der Waals surface area contributed by atoms with Gasteiger partial charge in [-0.25, -0.2) is 4.98 Å². The highest BCUT2D eigenvalue weighted by molar-refractivity contribution is 7.17. The Labute approximate surface area is 132 Å². The molecule has 1 aliphatic carbocycles. The predicted molar refractivity (Wildman–Crippen MR) is 84.8 cm³/mol. The number of benzene rings is 1. The summed E-state index contributed by atoms with van der Waals surface area (Å²) < 4.78 is 5.85. The van der Waals surface area contributed by atoms with E-state index in [1.807, 2.05) is 6.07 Å². The van der Waals surface area contributed by atoms with Crippen molar-refractivity contribution in [3.8, 4) is 5.75 Å². The zero-order valence-electron chi connectivity index (χ0n) is 12.2. The van der Waals surface area contributed by atoms with Gasteiger partial charge < -0.3 is 4.74 Å². The zero-order chi connectivity index (χ0) is 15.5. The minimum Gasteiger partial charge on any atom is -0.490 e. The number of anilines is 1. The molecule has 114 valence electrons. The Kier molecular flexibility index (Phi) is 4.20. The van der Waals surface area contributed by atoms with Gasteiger partial charge in [-0.05, 0) is 31.4 Å². The maximum atomic E-state index is 12.4. The number of rotatable bonds is 5. The highest BCUT2D eigenvalue weighted by Gasteiger charge is 2.22. The lowest BCUT2D eigenvalue weighted by Crippen LogP contribution is -2.26. The number of amides is 1. The molecule has 1 aromatic heterocycles. The number of thiazole rings is 1. The highest BCUT2D eigenvalue weighted by Crippen LogP contribution is 2.28. The molecule has 2 aromatic rings. The van der Waals surface area contributed by atoms with Gasteiger partial charge in [-0.2, -0.15) is 0 Å². The van der Waals surface area contributed by atoms with Crippen LogP contribution in [0, 0.1) is 0 Å². The number of nitrogens with one attached hydrogen (secondary N) is 1. The normalized spacial score (nSPS) is 14.2. The van der Waals surface area contributed by atoms with E-state index in [1.54, 1.807) is 18.2 Å². The van der Waals surface area contributed by atoms with Crippen molar-refractivity contribution in [3.05, 3.63) is 40.9 Å². The predicted octanol–water partition coefficient (Wildman–Crippen LogP) is 3.53. The van der Waals surface area contributed by atoms with E-state index in [0.717, 1.165) is 12.8 Å². The van der Waals surface area contributed by atoms with Gasteiger partial charge in [0.1, 0.15) is 5.75 Å². The van der Waals surface area contributed by atoms with Gasteiger partial charge in [-0.15, -0.1) is 0 Å². The average Bonchev–Trinajstić information content (AvgIpc) is 2.92. The number of Topliss-reactive ketones (excluding diaryl/α,β-unsaturated/α-hetero) is 1. The molecule has 1 heterocycles. The van der Waals surface area contributed by atoms with Crippen molar-refractivity contribution in [3.63, 3.8) is 0 Å². The van der Waals surface area contributed by atoms with E-state index in [-0.39, 0.29) is 17.8 Å². The first-order chi connectivity index (χ1) is 10.6. The maximum absolute atomic E-state index is 12.4. The lowest BCUT2D eigenvalue weighted by atomic mass is 9.96. The van der Waals surface area contributed by atoms with E-state index in [4.69, 9.17) is 4.74 Å². The van der Waals surface area contributed by atoms with Crippen LogP contribution in [0.2, 0.25) is 0 Å². The first-order valence-corrected chi connectivity index (χ1v) is 7.99. The Morgan fingerprint density at radius 2 is 2.09 bits per heavy atom. The van der Waals surface area contributed by atoms with Crippen molar-refractivity contribution in [1.29, 1.82) is 0 Å². The Morgan fingerprint density at radius 1 is 1.32 bits per heavy atom. The maximum Gasteiger partial charge on any atom is 0.261 e. The second kappa shape index (κ2) is 6.27. The summed E-state index contributed by atoms with van der Waals surface area (Å²) in [6, 6.07) is 7.17. The Hall–Kier alpha value is -2.21. The number of ketones is 1. The summed E-state index contributed by atoms with van der Waals surface area (Å²) in [5, 5.41) is 3.13. The van der Waals surface area contributed by atoms with Crippen molar-refractivity contribution < 1.29 is 14.3 Å². The van der Waals surface area contributed by atoms with E-state index < -0.39 is 0 Å². The largest absolute Gasteiger partial charge is 0.490 e. The number of ether oxygens (including phenoxy) is 1. The molecule has 1 aliphatic rings. The second-order valence-corrected chi connectivity index (χ2v) is 6.24. The van der Waals surface area contributed by atoms with Gasteiger partial charge in [0.2, 0.25) is 0 Å². The van der Waals surface area contributed by atoms with Crippen LogP contribution < -0.4 is 10.1 Å². The summed E-state index contributed by atoms with van der Waals surface area (Å²) in [6.45, 7) is 1.47. The first kappa shape index (κ1) is 14.7. The van der Waals surface area contributed by atoms with E-state index >= 15 is 0 Å². The smallest absolute Gasteiger partial charge is 0.261 e. The molecule has 1 amide bonds. The molecule has 1 saturated carbocycles. The Bertz CT molecular complexity index is 707. The standard InChI is InChI=1S/C16H16N2O3S/c1-10(19)14-9-17-16(22-14)18-15(20)12-7-2-3-8-13(12)21-11-5-4-6-11/h2-3,7-9,11H,4-6H2,1H3,(H,17,18,20). The van der Waals surface area contributed by atoms with Crippen LogP contribution in [0.3, 0.4) is 0 Å². The molecular formula is C16H16N2O3S. The third kappa shape index (κ3) is 3.17. The molecule has 0 atom stereocenters. The third-order valence-corrected chi connectivity index (χ3v) is 4.56. The number of para-hydroxylation sites is 1.